The number of nitriles is 1. The van der Waals surface area contributed by atoms with Crippen molar-refractivity contribution in [1.29, 1.82) is 5.26 Å². The molecular formula is C14H15N. The second kappa shape index (κ2) is 3.90. The Kier molecular flexibility index (Phi) is 2.60. The van der Waals surface area contributed by atoms with Crippen LogP contribution in [-0.2, 0) is 12.8 Å². The SMILES string of the molecule is C=C(C)c1c(C#N)ccc2c1CCCC2. The summed E-state index contributed by atoms with van der Waals surface area (Å²) in [6.45, 7) is 5.98. The van der Waals surface area contributed by atoms with Crippen LogP contribution in [0.5, 0.6) is 0 Å². The average molecular weight is 197 g/mol. The topological polar surface area (TPSA) is 23.8 Å². The molecule has 0 unspecified atom stereocenters. The van der Waals surface area contributed by atoms with Crippen molar-refractivity contribution in [3.63, 3.8) is 0 Å². The number of nitrogens with zero attached hydrogens (tertiary/aromatic N) is 1. The van der Waals surface area contributed by atoms with Crippen LogP contribution in [0, 0.1) is 11.3 Å². The largest absolute Gasteiger partial charge is 0.192 e. The number of aryl methyl sites for hydroxylation is 1. The van der Waals surface area contributed by atoms with Gasteiger partial charge in [-0.15, -0.1) is 0 Å². The molecule has 0 amide bonds. The molecule has 1 nitrogen and oxygen atoms in total. The average Bonchev–Trinajstić information content (AvgIpc) is 2.27. The molecule has 1 aromatic carbocycles. The summed E-state index contributed by atoms with van der Waals surface area (Å²) in [6.07, 6.45) is 4.77. The number of rotatable bonds is 1. The van der Waals surface area contributed by atoms with Crippen LogP contribution in [-0.4, -0.2) is 0 Å². The number of fused-ring (bicyclic) bond motifs is 1. The Hall–Kier alpha value is -1.55. The Morgan fingerprint density at radius 1 is 1.33 bits per heavy atom. The minimum Gasteiger partial charge on any atom is -0.192 e. The van der Waals surface area contributed by atoms with Crippen molar-refractivity contribution >= 4 is 5.57 Å². The lowest BCUT2D eigenvalue weighted by atomic mass is 9.84. The van der Waals surface area contributed by atoms with Crippen LogP contribution in [0.15, 0.2) is 18.7 Å². The summed E-state index contributed by atoms with van der Waals surface area (Å²) in [7, 11) is 0. The zero-order valence-corrected chi connectivity index (χ0v) is 9.14. The maximum absolute atomic E-state index is 9.08. The Labute approximate surface area is 91.0 Å². The van der Waals surface area contributed by atoms with Crippen molar-refractivity contribution in [2.75, 3.05) is 0 Å². The van der Waals surface area contributed by atoms with Gasteiger partial charge in [0.15, 0.2) is 0 Å². The lowest BCUT2D eigenvalue weighted by Crippen LogP contribution is -2.07. The van der Waals surface area contributed by atoms with Gasteiger partial charge in [-0.1, -0.05) is 12.6 Å². The summed E-state index contributed by atoms with van der Waals surface area (Å²) in [6, 6.07) is 6.32. The molecular weight excluding hydrogens is 182 g/mol. The van der Waals surface area contributed by atoms with E-state index in [0.29, 0.717) is 0 Å². The first kappa shape index (κ1) is 9.98. The molecule has 76 valence electrons. The third kappa shape index (κ3) is 1.68. The third-order valence-electron chi connectivity index (χ3n) is 3.08. The molecule has 1 aromatic rings. The summed E-state index contributed by atoms with van der Waals surface area (Å²) in [5.41, 5.74) is 5.69. The number of hydrogen-bond donors (Lipinski definition) is 0. The second-order valence-corrected chi connectivity index (χ2v) is 4.23. The minimum absolute atomic E-state index is 0.781. The van der Waals surface area contributed by atoms with Crippen molar-refractivity contribution < 1.29 is 0 Å². The van der Waals surface area contributed by atoms with Crippen molar-refractivity contribution in [3.8, 4) is 6.07 Å². The van der Waals surface area contributed by atoms with E-state index in [1.807, 2.05) is 13.0 Å². The van der Waals surface area contributed by atoms with Gasteiger partial charge < -0.3 is 0 Å². The van der Waals surface area contributed by atoms with Gasteiger partial charge in [-0.25, -0.2) is 0 Å². The molecule has 1 aliphatic carbocycles. The van der Waals surface area contributed by atoms with E-state index in [1.54, 1.807) is 0 Å². The Bertz CT molecular complexity index is 449. The van der Waals surface area contributed by atoms with Crippen molar-refractivity contribution in [2.24, 2.45) is 0 Å². The molecule has 0 atom stereocenters. The van der Waals surface area contributed by atoms with Gasteiger partial charge in [0.1, 0.15) is 0 Å². The summed E-state index contributed by atoms with van der Waals surface area (Å²) >= 11 is 0. The molecule has 0 fully saturated rings. The highest BCUT2D eigenvalue weighted by Gasteiger charge is 2.16. The Morgan fingerprint density at radius 2 is 2.07 bits per heavy atom. The van der Waals surface area contributed by atoms with Gasteiger partial charge in [-0.2, -0.15) is 5.26 Å². The predicted octanol–water partition coefficient (Wildman–Crippen LogP) is 3.47. The first-order chi connectivity index (χ1) is 7.24. The highest BCUT2D eigenvalue weighted by molar-refractivity contribution is 5.71. The van der Waals surface area contributed by atoms with Gasteiger partial charge in [0, 0.05) is 0 Å². The maximum atomic E-state index is 9.08. The van der Waals surface area contributed by atoms with Crippen LogP contribution in [0.4, 0.5) is 0 Å². The zero-order chi connectivity index (χ0) is 10.8. The van der Waals surface area contributed by atoms with Crippen LogP contribution in [0.1, 0.15) is 42.0 Å². The van der Waals surface area contributed by atoms with E-state index in [4.69, 9.17) is 5.26 Å². The normalized spacial score (nSPS) is 14.1. The number of allylic oxidation sites excluding steroid dienone is 1. The molecule has 0 saturated heterocycles. The molecule has 0 radical (unpaired) electrons. The lowest BCUT2D eigenvalue weighted by molar-refractivity contribution is 0.684. The highest BCUT2D eigenvalue weighted by atomic mass is 14.3. The van der Waals surface area contributed by atoms with Gasteiger partial charge >= 0.3 is 0 Å². The molecule has 0 N–H and O–H groups in total. The van der Waals surface area contributed by atoms with Gasteiger partial charge in [-0.3, -0.25) is 0 Å². The highest BCUT2D eigenvalue weighted by Crippen LogP contribution is 2.30. The summed E-state index contributed by atoms with van der Waals surface area (Å²) in [4.78, 5) is 0. The first-order valence-corrected chi connectivity index (χ1v) is 5.44. The molecule has 15 heavy (non-hydrogen) atoms. The van der Waals surface area contributed by atoms with Crippen LogP contribution in [0.25, 0.3) is 5.57 Å². The van der Waals surface area contributed by atoms with Crippen LogP contribution >= 0.6 is 0 Å². The number of hydrogen-bond acceptors (Lipinski definition) is 1. The van der Waals surface area contributed by atoms with Gasteiger partial charge in [0.25, 0.3) is 0 Å². The minimum atomic E-state index is 0.781. The van der Waals surface area contributed by atoms with Gasteiger partial charge in [0.05, 0.1) is 11.6 Å². The molecule has 0 heterocycles. The fraction of sp³-hybridized carbons (Fsp3) is 0.357. The van der Waals surface area contributed by atoms with E-state index in [1.165, 1.54) is 24.0 Å². The monoisotopic (exact) mass is 197 g/mol. The fourth-order valence-electron chi connectivity index (χ4n) is 2.41. The van der Waals surface area contributed by atoms with E-state index in [9.17, 15) is 0 Å². The zero-order valence-electron chi connectivity index (χ0n) is 9.14. The third-order valence-corrected chi connectivity index (χ3v) is 3.08. The van der Waals surface area contributed by atoms with Crippen molar-refractivity contribution in [3.05, 3.63) is 41.0 Å². The molecule has 1 heteroatoms. The fourth-order valence-corrected chi connectivity index (χ4v) is 2.41. The Morgan fingerprint density at radius 3 is 2.73 bits per heavy atom. The summed E-state index contributed by atoms with van der Waals surface area (Å²) in [5, 5.41) is 9.08. The van der Waals surface area contributed by atoms with E-state index < -0.39 is 0 Å². The molecule has 2 rings (SSSR count). The lowest BCUT2D eigenvalue weighted by Gasteiger charge is -2.20. The summed E-state index contributed by atoms with van der Waals surface area (Å²) < 4.78 is 0. The van der Waals surface area contributed by atoms with Gasteiger partial charge in [-0.05, 0) is 60.9 Å². The molecule has 1 aliphatic rings. The maximum Gasteiger partial charge on any atom is 0.0998 e. The smallest absolute Gasteiger partial charge is 0.0998 e. The summed E-state index contributed by atoms with van der Waals surface area (Å²) in [5.74, 6) is 0. The second-order valence-electron chi connectivity index (χ2n) is 4.23. The predicted molar refractivity (Wildman–Crippen MR) is 62.5 cm³/mol. The van der Waals surface area contributed by atoms with Crippen LogP contribution in [0.3, 0.4) is 0 Å². The first-order valence-electron chi connectivity index (χ1n) is 5.44. The van der Waals surface area contributed by atoms with E-state index in [2.05, 4.69) is 18.7 Å². The standard InChI is InChI=1S/C14H15N/c1-10(2)14-12(9-15)8-7-11-5-3-4-6-13(11)14/h7-8H,1,3-6H2,2H3. The van der Waals surface area contributed by atoms with Crippen LogP contribution in [0.2, 0.25) is 0 Å². The van der Waals surface area contributed by atoms with E-state index in [-0.39, 0.29) is 0 Å². The van der Waals surface area contributed by atoms with E-state index >= 15 is 0 Å². The molecule has 0 saturated carbocycles. The van der Waals surface area contributed by atoms with E-state index in [0.717, 1.165) is 29.5 Å². The quantitative estimate of drug-likeness (QED) is 0.676. The van der Waals surface area contributed by atoms with Crippen LogP contribution < -0.4 is 0 Å². The molecule has 0 spiro atoms. The van der Waals surface area contributed by atoms with Gasteiger partial charge in [0.2, 0.25) is 0 Å². The molecule has 0 aromatic heterocycles. The van der Waals surface area contributed by atoms with Crippen molar-refractivity contribution in [1.82, 2.24) is 0 Å². The Balaban J connectivity index is 2.66. The molecule has 0 aliphatic heterocycles. The number of benzene rings is 1. The van der Waals surface area contributed by atoms with Crippen molar-refractivity contribution in [2.45, 2.75) is 32.6 Å². The molecule has 0 bridgehead atoms.